The van der Waals surface area contributed by atoms with Crippen LogP contribution >= 0.6 is 15.9 Å². The Hall–Kier alpha value is -1.23. The minimum Gasteiger partial charge on any atom is -0.298 e. The standard InChI is InChI=1S/C8H6BrN3O/c1-12-7-5(4-13)2-10-3-6(7)8(9)11-12/h2-4H,1H3. The Kier molecular flexibility index (Phi) is 1.88. The normalized spacial score (nSPS) is 10.6. The van der Waals surface area contributed by atoms with Gasteiger partial charge in [-0.1, -0.05) is 0 Å². The van der Waals surface area contributed by atoms with Gasteiger partial charge in [-0.25, -0.2) is 0 Å². The lowest BCUT2D eigenvalue weighted by Crippen LogP contribution is -1.93. The summed E-state index contributed by atoms with van der Waals surface area (Å²) >= 11 is 3.29. The van der Waals surface area contributed by atoms with E-state index < -0.39 is 0 Å². The van der Waals surface area contributed by atoms with E-state index in [4.69, 9.17) is 0 Å². The molecule has 0 radical (unpaired) electrons. The van der Waals surface area contributed by atoms with Crippen molar-refractivity contribution in [2.45, 2.75) is 0 Å². The number of carbonyl (C=O) groups excluding carboxylic acids is 1. The molecule has 0 spiro atoms. The predicted octanol–water partition coefficient (Wildman–Crippen LogP) is 1.54. The van der Waals surface area contributed by atoms with Crippen LogP contribution in [0.25, 0.3) is 10.9 Å². The van der Waals surface area contributed by atoms with Crippen LogP contribution in [-0.4, -0.2) is 21.1 Å². The highest BCUT2D eigenvalue weighted by Crippen LogP contribution is 2.23. The highest BCUT2D eigenvalue weighted by Gasteiger charge is 2.09. The van der Waals surface area contributed by atoms with Gasteiger partial charge in [-0.3, -0.25) is 14.5 Å². The van der Waals surface area contributed by atoms with E-state index in [2.05, 4.69) is 26.0 Å². The van der Waals surface area contributed by atoms with Crippen LogP contribution in [0.2, 0.25) is 0 Å². The van der Waals surface area contributed by atoms with Crippen LogP contribution in [0, 0.1) is 0 Å². The molecule has 0 atom stereocenters. The van der Waals surface area contributed by atoms with E-state index >= 15 is 0 Å². The minimum absolute atomic E-state index is 0.554. The minimum atomic E-state index is 0.554. The van der Waals surface area contributed by atoms with Gasteiger partial charge in [0, 0.05) is 19.4 Å². The Morgan fingerprint density at radius 1 is 1.54 bits per heavy atom. The van der Waals surface area contributed by atoms with Crippen LogP contribution in [-0.2, 0) is 7.05 Å². The fourth-order valence-corrected chi connectivity index (χ4v) is 1.83. The van der Waals surface area contributed by atoms with Crippen LogP contribution in [0.4, 0.5) is 0 Å². The number of nitrogens with zero attached hydrogens (tertiary/aromatic N) is 3. The molecule has 13 heavy (non-hydrogen) atoms. The van der Waals surface area contributed by atoms with Crippen LogP contribution in [0.5, 0.6) is 0 Å². The zero-order valence-electron chi connectivity index (χ0n) is 6.86. The summed E-state index contributed by atoms with van der Waals surface area (Å²) in [7, 11) is 1.79. The number of pyridine rings is 1. The second-order valence-electron chi connectivity index (χ2n) is 2.66. The van der Waals surface area contributed by atoms with Gasteiger partial charge >= 0.3 is 0 Å². The van der Waals surface area contributed by atoms with Crippen molar-refractivity contribution in [3.63, 3.8) is 0 Å². The molecule has 0 aliphatic rings. The number of hydrogen-bond acceptors (Lipinski definition) is 3. The van der Waals surface area contributed by atoms with Gasteiger partial charge in [-0.05, 0) is 15.9 Å². The molecule has 2 aromatic heterocycles. The molecule has 0 aliphatic carbocycles. The SMILES string of the molecule is Cn1nc(Br)c2cncc(C=O)c21. The smallest absolute Gasteiger partial charge is 0.153 e. The van der Waals surface area contributed by atoms with E-state index in [1.165, 1.54) is 6.20 Å². The molecule has 0 aromatic carbocycles. The van der Waals surface area contributed by atoms with Crippen molar-refractivity contribution < 1.29 is 4.79 Å². The van der Waals surface area contributed by atoms with E-state index in [0.717, 1.165) is 17.2 Å². The lowest BCUT2D eigenvalue weighted by molar-refractivity contribution is 0.112. The summed E-state index contributed by atoms with van der Waals surface area (Å²) in [4.78, 5) is 14.6. The summed E-state index contributed by atoms with van der Waals surface area (Å²) in [5, 5.41) is 4.99. The summed E-state index contributed by atoms with van der Waals surface area (Å²) in [6.07, 6.45) is 3.99. The highest BCUT2D eigenvalue weighted by atomic mass is 79.9. The Morgan fingerprint density at radius 2 is 2.31 bits per heavy atom. The molecule has 0 bridgehead atoms. The van der Waals surface area contributed by atoms with Gasteiger partial charge in [0.2, 0.25) is 0 Å². The topological polar surface area (TPSA) is 47.8 Å². The second-order valence-corrected chi connectivity index (χ2v) is 3.41. The summed E-state index contributed by atoms with van der Waals surface area (Å²) < 4.78 is 2.37. The molecule has 4 nitrogen and oxygen atoms in total. The van der Waals surface area contributed by atoms with Gasteiger partial charge in [-0.2, -0.15) is 5.10 Å². The van der Waals surface area contributed by atoms with E-state index in [0.29, 0.717) is 10.2 Å². The molecule has 0 amide bonds. The molecule has 2 aromatic rings. The lowest BCUT2D eigenvalue weighted by atomic mass is 10.2. The third-order valence-corrected chi connectivity index (χ3v) is 2.44. The molecular weight excluding hydrogens is 234 g/mol. The third-order valence-electron chi connectivity index (χ3n) is 1.86. The molecule has 0 saturated carbocycles. The number of aryl methyl sites for hydroxylation is 1. The lowest BCUT2D eigenvalue weighted by Gasteiger charge is -1.95. The molecule has 0 unspecified atom stereocenters. The Morgan fingerprint density at radius 3 is 3.00 bits per heavy atom. The largest absolute Gasteiger partial charge is 0.298 e. The van der Waals surface area contributed by atoms with Gasteiger partial charge in [-0.15, -0.1) is 0 Å². The fourth-order valence-electron chi connectivity index (χ4n) is 1.30. The Balaban J connectivity index is 2.96. The number of carbonyl (C=O) groups is 1. The summed E-state index contributed by atoms with van der Waals surface area (Å²) in [5.74, 6) is 0. The first-order chi connectivity index (χ1) is 6.24. The number of aldehydes is 1. The fraction of sp³-hybridized carbons (Fsp3) is 0.125. The maximum Gasteiger partial charge on any atom is 0.153 e. The van der Waals surface area contributed by atoms with Crippen molar-refractivity contribution in [2.24, 2.45) is 7.05 Å². The first-order valence-electron chi connectivity index (χ1n) is 3.65. The quantitative estimate of drug-likeness (QED) is 0.710. The molecular formula is C8H6BrN3O. The first kappa shape index (κ1) is 8.37. The Labute approximate surface area is 82.7 Å². The van der Waals surface area contributed by atoms with E-state index in [9.17, 15) is 4.79 Å². The first-order valence-corrected chi connectivity index (χ1v) is 4.44. The maximum atomic E-state index is 10.7. The van der Waals surface area contributed by atoms with Crippen LogP contribution < -0.4 is 0 Å². The van der Waals surface area contributed by atoms with Crippen LogP contribution in [0.3, 0.4) is 0 Å². The summed E-state index contributed by atoms with van der Waals surface area (Å²) in [6.45, 7) is 0. The van der Waals surface area contributed by atoms with E-state index in [1.54, 1.807) is 17.9 Å². The van der Waals surface area contributed by atoms with Gasteiger partial charge in [0.1, 0.15) is 4.60 Å². The van der Waals surface area contributed by atoms with Crippen molar-refractivity contribution in [1.29, 1.82) is 0 Å². The molecule has 0 N–H and O–H groups in total. The van der Waals surface area contributed by atoms with Gasteiger partial charge in [0.25, 0.3) is 0 Å². The maximum absolute atomic E-state index is 10.7. The zero-order valence-corrected chi connectivity index (χ0v) is 8.45. The van der Waals surface area contributed by atoms with Crippen molar-refractivity contribution >= 4 is 33.1 Å². The molecule has 0 aliphatic heterocycles. The predicted molar refractivity (Wildman–Crippen MR) is 51.6 cm³/mol. The van der Waals surface area contributed by atoms with Crippen molar-refractivity contribution in [3.8, 4) is 0 Å². The Bertz CT molecular complexity index is 477. The average Bonchev–Trinajstić information content (AvgIpc) is 2.43. The third kappa shape index (κ3) is 1.16. The van der Waals surface area contributed by atoms with Crippen molar-refractivity contribution in [2.75, 3.05) is 0 Å². The van der Waals surface area contributed by atoms with E-state index in [1.807, 2.05) is 0 Å². The molecule has 2 rings (SSSR count). The highest BCUT2D eigenvalue weighted by molar-refractivity contribution is 9.10. The van der Waals surface area contributed by atoms with Crippen molar-refractivity contribution in [3.05, 3.63) is 22.6 Å². The number of rotatable bonds is 1. The van der Waals surface area contributed by atoms with Crippen molar-refractivity contribution in [1.82, 2.24) is 14.8 Å². The molecule has 2 heterocycles. The number of hydrogen-bond donors (Lipinski definition) is 0. The summed E-state index contributed by atoms with van der Waals surface area (Å²) in [6, 6.07) is 0. The molecule has 66 valence electrons. The number of fused-ring (bicyclic) bond motifs is 1. The van der Waals surface area contributed by atoms with Crippen LogP contribution in [0.1, 0.15) is 10.4 Å². The van der Waals surface area contributed by atoms with Crippen LogP contribution in [0.15, 0.2) is 17.0 Å². The second kappa shape index (κ2) is 2.92. The zero-order chi connectivity index (χ0) is 9.42. The van der Waals surface area contributed by atoms with Gasteiger partial charge < -0.3 is 0 Å². The molecule has 5 heteroatoms. The van der Waals surface area contributed by atoms with Gasteiger partial charge in [0.05, 0.1) is 16.5 Å². The number of halogens is 1. The van der Waals surface area contributed by atoms with Gasteiger partial charge in [0.15, 0.2) is 6.29 Å². The molecule has 0 saturated heterocycles. The number of aromatic nitrogens is 3. The van der Waals surface area contributed by atoms with E-state index in [-0.39, 0.29) is 0 Å². The molecule has 0 fully saturated rings. The summed E-state index contributed by atoms with van der Waals surface area (Å²) in [5.41, 5.74) is 1.36. The average molecular weight is 240 g/mol. The monoisotopic (exact) mass is 239 g/mol.